The lowest BCUT2D eigenvalue weighted by atomic mass is 10.0. The van der Waals surface area contributed by atoms with Crippen molar-refractivity contribution in [1.82, 2.24) is 19.5 Å². The Balaban J connectivity index is 1.83. The van der Waals surface area contributed by atoms with Crippen LogP contribution in [-0.4, -0.2) is 49.9 Å². The van der Waals surface area contributed by atoms with Gasteiger partial charge in [0.1, 0.15) is 12.1 Å². The van der Waals surface area contributed by atoms with Crippen molar-refractivity contribution >= 4 is 16.3 Å². The summed E-state index contributed by atoms with van der Waals surface area (Å²) >= 11 is 1.37. The average molecular weight is 362 g/mol. The molecule has 1 aromatic carbocycles. The number of halogens is 1. The molecule has 0 bridgehead atoms. The SMILES string of the molecule is C[C@@H]1CN([C@@H](c2cccc(F)c2)c2sc3ncnn3c2O)C[C@@H](C)O1. The van der Waals surface area contributed by atoms with Gasteiger partial charge in [0, 0.05) is 13.1 Å². The van der Waals surface area contributed by atoms with E-state index in [1.165, 1.54) is 34.3 Å². The van der Waals surface area contributed by atoms with Crippen LogP contribution < -0.4 is 0 Å². The van der Waals surface area contributed by atoms with Crippen LogP contribution in [0.1, 0.15) is 30.3 Å². The van der Waals surface area contributed by atoms with E-state index in [0.29, 0.717) is 22.9 Å². The molecule has 1 aliphatic rings. The van der Waals surface area contributed by atoms with Crippen molar-refractivity contribution in [2.24, 2.45) is 0 Å². The Morgan fingerprint density at radius 3 is 2.76 bits per heavy atom. The van der Waals surface area contributed by atoms with Gasteiger partial charge in [-0.1, -0.05) is 23.5 Å². The van der Waals surface area contributed by atoms with Gasteiger partial charge >= 0.3 is 0 Å². The van der Waals surface area contributed by atoms with E-state index >= 15 is 0 Å². The number of hydrogen-bond donors (Lipinski definition) is 1. The zero-order chi connectivity index (χ0) is 17.6. The number of benzene rings is 1. The largest absolute Gasteiger partial charge is 0.492 e. The molecule has 132 valence electrons. The molecule has 1 N–H and O–H groups in total. The van der Waals surface area contributed by atoms with E-state index < -0.39 is 0 Å². The summed E-state index contributed by atoms with van der Waals surface area (Å²) in [6, 6.07) is 6.24. The lowest BCUT2D eigenvalue weighted by Gasteiger charge is -2.40. The second-order valence-corrected chi connectivity index (χ2v) is 7.42. The van der Waals surface area contributed by atoms with Crippen LogP contribution in [0.15, 0.2) is 30.6 Å². The average Bonchev–Trinajstić information content (AvgIpc) is 3.11. The smallest absolute Gasteiger partial charge is 0.230 e. The molecule has 0 saturated carbocycles. The Kier molecular flexibility index (Phi) is 4.18. The standard InChI is InChI=1S/C17H19FN4O2S/c1-10-7-21(8-11(2)24-10)14(12-4-3-5-13(18)6-12)15-16(23)22-17(25-15)19-9-20-22/h3-6,9-11,14,23H,7-8H2,1-2H3/t10-,11-,14+/m1/s1. The lowest BCUT2D eigenvalue weighted by molar-refractivity contribution is -0.0764. The molecule has 1 aliphatic heterocycles. The third kappa shape index (κ3) is 3.01. The van der Waals surface area contributed by atoms with Gasteiger partial charge in [-0.05, 0) is 31.5 Å². The van der Waals surface area contributed by atoms with E-state index in [9.17, 15) is 9.50 Å². The highest BCUT2D eigenvalue weighted by molar-refractivity contribution is 7.17. The molecule has 1 fully saturated rings. The molecule has 25 heavy (non-hydrogen) atoms. The summed E-state index contributed by atoms with van der Waals surface area (Å²) in [4.78, 5) is 7.71. The molecule has 4 rings (SSSR count). The normalized spacial score (nSPS) is 23.2. The van der Waals surface area contributed by atoms with Gasteiger partial charge in [-0.15, -0.1) is 0 Å². The molecule has 0 amide bonds. The number of aromatic nitrogens is 3. The molecular formula is C17H19FN4O2S. The van der Waals surface area contributed by atoms with Crippen molar-refractivity contribution in [2.45, 2.75) is 32.1 Å². The molecule has 2 aromatic heterocycles. The molecule has 3 atom stereocenters. The zero-order valence-corrected chi connectivity index (χ0v) is 14.8. The van der Waals surface area contributed by atoms with E-state index in [-0.39, 0.29) is 29.9 Å². The van der Waals surface area contributed by atoms with E-state index in [2.05, 4.69) is 15.0 Å². The summed E-state index contributed by atoms with van der Waals surface area (Å²) in [5, 5.41) is 14.7. The van der Waals surface area contributed by atoms with Crippen molar-refractivity contribution in [3.63, 3.8) is 0 Å². The molecular weight excluding hydrogens is 343 g/mol. The summed E-state index contributed by atoms with van der Waals surface area (Å²) in [5.74, 6) is -0.241. The number of thiazole rings is 1. The molecule has 0 spiro atoms. The van der Waals surface area contributed by atoms with Crippen LogP contribution in [0, 0.1) is 5.82 Å². The summed E-state index contributed by atoms with van der Waals surface area (Å²) in [6.07, 6.45) is 1.53. The maximum Gasteiger partial charge on any atom is 0.230 e. The van der Waals surface area contributed by atoms with Gasteiger partial charge < -0.3 is 9.84 Å². The molecule has 8 heteroatoms. The highest BCUT2D eigenvalue weighted by Gasteiger charge is 2.34. The maximum atomic E-state index is 13.9. The summed E-state index contributed by atoms with van der Waals surface area (Å²) in [6.45, 7) is 5.43. The van der Waals surface area contributed by atoms with Crippen LogP contribution in [0.2, 0.25) is 0 Å². The van der Waals surface area contributed by atoms with Gasteiger partial charge in [0.15, 0.2) is 0 Å². The maximum absolute atomic E-state index is 13.9. The minimum Gasteiger partial charge on any atom is -0.492 e. The van der Waals surface area contributed by atoms with Gasteiger partial charge in [0.05, 0.1) is 23.1 Å². The number of nitrogens with zero attached hydrogens (tertiary/aromatic N) is 4. The second-order valence-electron chi connectivity index (χ2n) is 6.41. The van der Waals surface area contributed by atoms with Gasteiger partial charge in [-0.2, -0.15) is 9.61 Å². The highest BCUT2D eigenvalue weighted by Crippen LogP contribution is 2.40. The molecule has 0 aliphatic carbocycles. The molecule has 0 radical (unpaired) electrons. The number of morpholine rings is 1. The van der Waals surface area contributed by atoms with Gasteiger partial charge in [0.2, 0.25) is 10.8 Å². The third-order valence-corrected chi connectivity index (χ3v) is 5.45. The highest BCUT2D eigenvalue weighted by atomic mass is 32.1. The molecule has 3 aromatic rings. The lowest BCUT2D eigenvalue weighted by Crippen LogP contribution is -2.47. The first kappa shape index (κ1) is 16.4. The van der Waals surface area contributed by atoms with Crippen LogP contribution in [0.4, 0.5) is 4.39 Å². The van der Waals surface area contributed by atoms with Crippen LogP contribution in [0.5, 0.6) is 5.88 Å². The second kappa shape index (κ2) is 6.36. The number of ether oxygens (including phenoxy) is 1. The quantitative estimate of drug-likeness (QED) is 0.776. The monoisotopic (exact) mass is 362 g/mol. The van der Waals surface area contributed by atoms with Gasteiger partial charge in [0.25, 0.3) is 0 Å². The molecule has 1 saturated heterocycles. The first-order valence-corrected chi connectivity index (χ1v) is 9.01. The van der Waals surface area contributed by atoms with E-state index in [4.69, 9.17) is 4.74 Å². The summed E-state index contributed by atoms with van der Waals surface area (Å²) in [5.41, 5.74) is 0.793. The fraction of sp³-hybridized carbons (Fsp3) is 0.412. The van der Waals surface area contributed by atoms with E-state index in [1.807, 2.05) is 19.9 Å². The zero-order valence-electron chi connectivity index (χ0n) is 14.0. The molecule has 0 unspecified atom stereocenters. The van der Waals surface area contributed by atoms with Crippen molar-refractivity contribution in [3.8, 4) is 5.88 Å². The minimum absolute atomic E-state index is 0.0542. The van der Waals surface area contributed by atoms with Crippen molar-refractivity contribution in [2.75, 3.05) is 13.1 Å². The number of rotatable bonds is 3. The van der Waals surface area contributed by atoms with Crippen molar-refractivity contribution < 1.29 is 14.2 Å². The fourth-order valence-corrected chi connectivity index (χ4v) is 4.60. The van der Waals surface area contributed by atoms with Crippen LogP contribution >= 0.6 is 11.3 Å². The van der Waals surface area contributed by atoms with Crippen LogP contribution in [0.25, 0.3) is 4.96 Å². The first-order valence-electron chi connectivity index (χ1n) is 8.19. The summed E-state index contributed by atoms with van der Waals surface area (Å²) in [7, 11) is 0. The van der Waals surface area contributed by atoms with Crippen LogP contribution in [-0.2, 0) is 4.74 Å². The van der Waals surface area contributed by atoms with E-state index in [0.717, 1.165) is 5.56 Å². The van der Waals surface area contributed by atoms with Crippen molar-refractivity contribution in [3.05, 3.63) is 46.9 Å². The molecule has 6 nitrogen and oxygen atoms in total. The predicted octanol–water partition coefficient (Wildman–Crippen LogP) is 2.83. The number of fused-ring (bicyclic) bond motifs is 1. The Morgan fingerprint density at radius 1 is 1.32 bits per heavy atom. The Labute approximate surface area is 148 Å². The Morgan fingerprint density at radius 2 is 2.08 bits per heavy atom. The number of aromatic hydroxyl groups is 1. The predicted molar refractivity (Wildman–Crippen MR) is 92.4 cm³/mol. The third-order valence-electron chi connectivity index (χ3n) is 4.36. The Bertz CT molecular complexity index is 886. The minimum atomic E-state index is -0.296. The van der Waals surface area contributed by atoms with Crippen molar-refractivity contribution in [1.29, 1.82) is 0 Å². The number of hydrogen-bond acceptors (Lipinski definition) is 6. The Hall–Kier alpha value is -2.03. The molecule has 3 heterocycles. The topological polar surface area (TPSA) is 62.9 Å². The van der Waals surface area contributed by atoms with Gasteiger partial charge in [-0.25, -0.2) is 9.37 Å². The van der Waals surface area contributed by atoms with Gasteiger partial charge in [-0.3, -0.25) is 4.90 Å². The van der Waals surface area contributed by atoms with E-state index in [1.54, 1.807) is 6.07 Å². The van der Waals surface area contributed by atoms with Crippen LogP contribution in [0.3, 0.4) is 0 Å². The fourth-order valence-electron chi connectivity index (χ4n) is 3.51. The first-order chi connectivity index (χ1) is 12.0. The summed E-state index contributed by atoms with van der Waals surface area (Å²) < 4.78 is 21.1.